The number of hydrogen-bond acceptors (Lipinski definition) is 1. The molecule has 2 N–H and O–H groups in total. The first-order valence-corrected chi connectivity index (χ1v) is 2.26. The highest BCUT2D eigenvalue weighted by Gasteiger charge is 1.50. The lowest BCUT2D eigenvalue weighted by Gasteiger charge is -1.98. The molecule has 0 fully saturated rings. The molecule has 0 bridgehead atoms. The smallest absolute Gasteiger partial charge is 0.0629 e. The molecule has 0 atom stereocenters. The second-order valence-corrected chi connectivity index (χ2v) is 1.11. The van der Waals surface area contributed by atoms with Crippen LogP contribution in [0.3, 0.4) is 0 Å². The van der Waals surface area contributed by atoms with E-state index in [9.17, 15) is 0 Å². The Labute approximate surface area is 49.4 Å². The van der Waals surface area contributed by atoms with Crippen LogP contribution in [0.5, 0.6) is 0 Å². The molecular formula is C6H9N2-. The fourth-order valence-corrected chi connectivity index (χ4v) is 0.242. The lowest BCUT2D eigenvalue weighted by molar-refractivity contribution is 1.48. The molecule has 0 aromatic rings. The average molecular weight is 109 g/mol. The van der Waals surface area contributed by atoms with Gasteiger partial charge in [0.1, 0.15) is 0 Å². The lowest BCUT2D eigenvalue weighted by Crippen LogP contribution is -1.75. The Hall–Kier alpha value is -1.02. The first-order chi connectivity index (χ1) is 3.91. The first-order valence-electron chi connectivity index (χ1n) is 2.26. The van der Waals surface area contributed by atoms with Gasteiger partial charge in [-0.05, 0) is 0 Å². The molecule has 0 heterocycles. The summed E-state index contributed by atoms with van der Waals surface area (Å²) in [7, 11) is 0. The van der Waals surface area contributed by atoms with E-state index in [-0.39, 0.29) is 0 Å². The Morgan fingerprint density at radius 1 is 1.25 bits per heavy atom. The molecule has 0 saturated carbocycles. The monoisotopic (exact) mass is 109 g/mol. The van der Waals surface area contributed by atoms with Crippen molar-refractivity contribution in [3.63, 3.8) is 0 Å². The van der Waals surface area contributed by atoms with Crippen molar-refractivity contribution in [1.82, 2.24) is 0 Å². The molecule has 0 aliphatic carbocycles. The van der Waals surface area contributed by atoms with Gasteiger partial charge in [-0.3, -0.25) is 0 Å². The molecule has 8 heavy (non-hydrogen) atoms. The molecule has 0 aromatic heterocycles. The number of allylic oxidation sites excluding steroid dienone is 4. The van der Waals surface area contributed by atoms with Crippen LogP contribution in [0.15, 0.2) is 37.1 Å². The Morgan fingerprint density at radius 2 is 2.00 bits per heavy atom. The third-order valence-electron chi connectivity index (χ3n) is 0.530. The van der Waals surface area contributed by atoms with Crippen molar-refractivity contribution in [3.05, 3.63) is 42.5 Å². The van der Waals surface area contributed by atoms with Crippen LogP contribution in [0.2, 0.25) is 0 Å². The van der Waals surface area contributed by atoms with E-state index in [1.165, 1.54) is 6.20 Å². The van der Waals surface area contributed by atoms with E-state index < -0.39 is 0 Å². The van der Waals surface area contributed by atoms with Crippen LogP contribution in [-0.2, 0) is 0 Å². The number of hydrogen-bond donors (Lipinski definition) is 1. The van der Waals surface area contributed by atoms with Crippen LogP contribution >= 0.6 is 0 Å². The SMILES string of the molecule is C=C/C=C\C=C/[N-]N. The van der Waals surface area contributed by atoms with E-state index in [0.29, 0.717) is 0 Å². The highest BCUT2D eigenvalue weighted by atomic mass is 15.2. The van der Waals surface area contributed by atoms with E-state index >= 15 is 0 Å². The fraction of sp³-hybridized carbons (Fsp3) is 0. The minimum Gasteiger partial charge on any atom is -0.632 e. The third-order valence-corrected chi connectivity index (χ3v) is 0.530. The van der Waals surface area contributed by atoms with Gasteiger partial charge in [0.05, 0.1) is 0 Å². The molecule has 0 spiro atoms. The highest BCUT2D eigenvalue weighted by molar-refractivity contribution is 5.11. The Bertz CT molecular complexity index is 103. The third kappa shape index (κ3) is 4.98. The van der Waals surface area contributed by atoms with Gasteiger partial charge >= 0.3 is 0 Å². The van der Waals surface area contributed by atoms with Crippen LogP contribution in [0.4, 0.5) is 0 Å². The number of nitrogens with zero attached hydrogens (tertiary/aromatic N) is 1. The molecule has 0 aliphatic rings. The lowest BCUT2D eigenvalue weighted by atomic mass is 10.5. The molecule has 0 radical (unpaired) electrons. The van der Waals surface area contributed by atoms with E-state index in [2.05, 4.69) is 12.0 Å². The zero-order valence-electron chi connectivity index (χ0n) is 4.62. The minimum atomic E-state index is 1.50. The Kier molecular flexibility index (Phi) is 5.22. The standard InChI is InChI=1S/C6H9N2/c1-2-3-4-5-6-8-7/h2-6H,1,7H2/q-1/b4-3-,6-5-. The van der Waals surface area contributed by atoms with Crippen LogP contribution in [0.1, 0.15) is 0 Å². The van der Waals surface area contributed by atoms with Gasteiger partial charge in [0.15, 0.2) is 0 Å². The van der Waals surface area contributed by atoms with Gasteiger partial charge in [0.25, 0.3) is 0 Å². The topological polar surface area (TPSA) is 40.1 Å². The molecular weight excluding hydrogens is 100 g/mol. The maximum atomic E-state index is 4.79. The molecule has 0 amide bonds. The van der Waals surface area contributed by atoms with Gasteiger partial charge in [-0.1, -0.05) is 30.9 Å². The summed E-state index contributed by atoms with van der Waals surface area (Å²) in [6.07, 6.45) is 8.49. The molecule has 0 unspecified atom stereocenters. The second kappa shape index (κ2) is 5.98. The quantitative estimate of drug-likeness (QED) is 0.333. The van der Waals surface area contributed by atoms with Crippen molar-refractivity contribution in [2.75, 3.05) is 0 Å². The summed E-state index contributed by atoms with van der Waals surface area (Å²) in [6, 6.07) is 0. The van der Waals surface area contributed by atoms with E-state index in [0.717, 1.165) is 0 Å². The summed E-state index contributed by atoms with van der Waals surface area (Å²) >= 11 is 0. The summed E-state index contributed by atoms with van der Waals surface area (Å²) in [5.41, 5.74) is 3.24. The molecule has 44 valence electrons. The molecule has 2 heteroatoms. The van der Waals surface area contributed by atoms with Gasteiger partial charge in [-0.25, -0.2) is 0 Å². The number of nitrogens with two attached hydrogens (primary N) is 1. The van der Waals surface area contributed by atoms with Crippen LogP contribution in [-0.4, -0.2) is 0 Å². The van der Waals surface area contributed by atoms with Crippen LogP contribution < -0.4 is 5.84 Å². The molecule has 2 nitrogen and oxygen atoms in total. The maximum Gasteiger partial charge on any atom is -0.0629 e. The summed E-state index contributed by atoms with van der Waals surface area (Å²) in [5, 5.41) is 0. The zero-order valence-corrected chi connectivity index (χ0v) is 4.62. The van der Waals surface area contributed by atoms with Gasteiger partial charge in [0, 0.05) is 0 Å². The van der Waals surface area contributed by atoms with Crippen molar-refractivity contribution in [2.24, 2.45) is 5.84 Å². The molecule has 0 aromatic carbocycles. The summed E-state index contributed by atoms with van der Waals surface area (Å²) in [6.45, 7) is 3.48. The normalized spacial score (nSPS) is 10.6. The molecule has 0 aliphatic heterocycles. The second-order valence-electron chi connectivity index (χ2n) is 1.11. The predicted octanol–water partition coefficient (Wildman–Crippen LogP) is 1.49. The number of rotatable bonds is 3. The van der Waals surface area contributed by atoms with Crippen molar-refractivity contribution < 1.29 is 0 Å². The summed E-state index contributed by atoms with van der Waals surface area (Å²) in [4.78, 5) is 0. The average Bonchev–Trinajstić information content (AvgIpc) is 1.81. The summed E-state index contributed by atoms with van der Waals surface area (Å²) in [5.74, 6) is 4.79. The van der Waals surface area contributed by atoms with Gasteiger partial charge in [-0.15, -0.1) is 0 Å². The van der Waals surface area contributed by atoms with E-state index in [1.54, 1.807) is 24.3 Å². The Balaban J connectivity index is 3.26. The van der Waals surface area contributed by atoms with E-state index in [1.807, 2.05) is 0 Å². The molecule has 0 rings (SSSR count). The van der Waals surface area contributed by atoms with Crippen LogP contribution in [0.25, 0.3) is 5.43 Å². The van der Waals surface area contributed by atoms with Crippen molar-refractivity contribution in [2.45, 2.75) is 0 Å². The largest absolute Gasteiger partial charge is 0.632 e. The van der Waals surface area contributed by atoms with Gasteiger partial charge < -0.3 is 11.3 Å². The maximum absolute atomic E-state index is 4.79. The van der Waals surface area contributed by atoms with Gasteiger partial charge in [-0.2, -0.15) is 6.20 Å². The Morgan fingerprint density at radius 3 is 2.50 bits per heavy atom. The molecule has 0 saturated heterocycles. The van der Waals surface area contributed by atoms with E-state index in [4.69, 9.17) is 5.84 Å². The van der Waals surface area contributed by atoms with Gasteiger partial charge in [0.2, 0.25) is 0 Å². The minimum absolute atomic E-state index is 1.50. The summed E-state index contributed by atoms with van der Waals surface area (Å²) < 4.78 is 0. The van der Waals surface area contributed by atoms with Crippen molar-refractivity contribution in [1.29, 1.82) is 0 Å². The van der Waals surface area contributed by atoms with Crippen molar-refractivity contribution in [3.8, 4) is 0 Å². The van der Waals surface area contributed by atoms with Crippen molar-refractivity contribution >= 4 is 0 Å². The fourth-order valence-electron chi connectivity index (χ4n) is 0.242. The first kappa shape index (κ1) is 6.98. The highest BCUT2D eigenvalue weighted by Crippen LogP contribution is 1.78. The zero-order chi connectivity index (χ0) is 6.24. The predicted molar refractivity (Wildman–Crippen MR) is 36.0 cm³/mol. The van der Waals surface area contributed by atoms with Crippen LogP contribution in [0, 0.1) is 0 Å².